The van der Waals surface area contributed by atoms with Crippen LogP contribution < -0.4 is 5.32 Å². The summed E-state index contributed by atoms with van der Waals surface area (Å²) in [4.78, 5) is 21.1. The van der Waals surface area contributed by atoms with Crippen LogP contribution in [0.4, 0.5) is 13.2 Å². The van der Waals surface area contributed by atoms with Crippen molar-refractivity contribution in [3.8, 4) is 0 Å². The third-order valence-corrected chi connectivity index (χ3v) is 5.58. The van der Waals surface area contributed by atoms with Crippen LogP contribution in [0.3, 0.4) is 0 Å². The van der Waals surface area contributed by atoms with Gasteiger partial charge in [-0.3, -0.25) is 4.79 Å². The first-order valence-electron chi connectivity index (χ1n) is 9.17. The van der Waals surface area contributed by atoms with Crippen molar-refractivity contribution in [3.05, 3.63) is 83.4 Å². The summed E-state index contributed by atoms with van der Waals surface area (Å²) >= 11 is 0.950. The SMILES string of the molecule is O=C(NC(Cc1ccccc1)Cn1ccnc1)c1nc2ccc(C(F)(F)F)cc2s1. The lowest BCUT2D eigenvalue weighted by Gasteiger charge is -2.19. The number of carbonyl (C=O) groups is 1. The average Bonchev–Trinajstić information content (AvgIpc) is 3.36. The summed E-state index contributed by atoms with van der Waals surface area (Å²) in [7, 11) is 0. The Kier molecular flexibility index (Phi) is 5.54. The zero-order valence-electron chi connectivity index (χ0n) is 15.6. The summed E-state index contributed by atoms with van der Waals surface area (Å²) in [5.74, 6) is -0.411. The van der Waals surface area contributed by atoms with Gasteiger partial charge in [0.1, 0.15) is 0 Å². The second-order valence-electron chi connectivity index (χ2n) is 6.82. The molecule has 0 radical (unpaired) electrons. The van der Waals surface area contributed by atoms with Crippen molar-refractivity contribution in [2.24, 2.45) is 0 Å². The third kappa shape index (κ3) is 4.68. The van der Waals surface area contributed by atoms with Gasteiger partial charge in [-0.15, -0.1) is 11.3 Å². The Balaban J connectivity index is 1.55. The molecule has 1 N–H and O–H groups in total. The molecule has 4 rings (SSSR count). The molecule has 4 aromatic rings. The maximum absolute atomic E-state index is 12.9. The molecule has 1 amide bonds. The van der Waals surface area contributed by atoms with E-state index in [2.05, 4.69) is 15.3 Å². The van der Waals surface area contributed by atoms with Gasteiger partial charge in [0.05, 0.1) is 28.1 Å². The molecule has 0 saturated heterocycles. The Morgan fingerprint density at radius 2 is 1.97 bits per heavy atom. The number of imidazole rings is 1. The van der Waals surface area contributed by atoms with Crippen molar-refractivity contribution in [2.75, 3.05) is 0 Å². The molecule has 5 nitrogen and oxygen atoms in total. The fourth-order valence-corrected chi connectivity index (χ4v) is 4.06. The summed E-state index contributed by atoms with van der Waals surface area (Å²) in [6, 6.07) is 12.8. The Morgan fingerprint density at radius 3 is 2.67 bits per heavy atom. The molecular weight excluding hydrogens is 413 g/mol. The maximum Gasteiger partial charge on any atom is 0.416 e. The number of amides is 1. The van der Waals surface area contributed by atoms with Gasteiger partial charge in [-0.1, -0.05) is 30.3 Å². The first kappa shape index (κ1) is 20.1. The van der Waals surface area contributed by atoms with Crippen molar-refractivity contribution < 1.29 is 18.0 Å². The molecule has 2 aromatic carbocycles. The van der Waals surface area contributed by atoms with Crippen molar-refractivity contribution in [2.45, 2.75) is 25.2 Å². The highest BCUT2D eigenvalue weighted by Crippen LogP contribution is 2.33. The molecule has 0 aliphatic heterocycles. The first-order valence-corrected chi connectivity index (χ1v) is 9.98. The number of fused-ring (bicyclic) bond motifs is 1. The summed E-state index contributed by atoms with van der Waals surface area (Å²) in [6.45, 7) is 0.504. The van der Waals surface area contributed by atoms with Crippen LogP contribution in [0, 0.1) is 0 Å². The highest BCUT2D eigenvalue weighted by atomic mass is 32.1. The van der Waals surface area contributed by atoms with Gasteiger partial charge in [0.25, 0.3) is 5.91 Å². The van der Waals surface area contributed by atoms with Gasteiger partial charge in [0, 0.05) is 18.9 Å². The molecule has 1 atom stereocenters. The maximum atomic E-state index is 12.9. The number of halogens is 3. The van der Waals surface area contributed by atoms with E-state index in [4.69, 9.17) is 0 Å². The Labute approximate surface area is 174 Å². The number of carbonyl (C=O) groups excluding carboxylic acids is 1. The smallest absolute Gasteiger partial charge is 0.345 e. The molecule has 0 fully saturated rings. The van der Waals surface area contributed by atoms with Gasteiger partial charge in [-0.2, -0.15) is 13.2 Å². The molecule has 9 heteroatoms. The highest BCUT2D eigenvalue weighted by molar-refractivity contribution is 7.20. The standard InChI is InChI=1S/C21H17F3N4OS/c22-21(23,24)15-6-7-17-18(11-15)30-20(27-17)19(29)26-16(12-28-9-8-25-13-28)10-14-4-2-1-3-5-14/h1-9,11,13,16H,10,12H2,(H,26,29). The number of aromatic nitrogens is 3. The summed E-state index contributed by atoms with van der Waals surface area (Å²) in [5.41, 5.74) is 0.669. The predicted octanol–water partition coefficient (Wildman–Crippen LogP) is 4.55. The molecule has 0 saturated carbocycles. The molecule has 0 aliphatic carbocycles. The van der Waals surface area contributed by atoms with Gasteiger partial charge >= 0.3 is 6.18 Å². The lowest BCUT2D eigenvalue weighted by Crippen LogP contribution is -2.39. The predicted molar refractivity (Wildman–Crippen MR) is 108 cm³/mol. The molecule has 0 aliphatic rings. The van der Waals surface area contributed by atoms with Crippen LogP contribution in [0.5, 0.6) is 0 Å². The minimum absolute atomic E-state index is 0.132. The van der Waals surface area contributed by atoms with Gasteiger partial charge < -0.3 is 9.88 Å². The number of hydrogen-bond donors (Lipinski definition) is 1. The number of benzene rings is 2. The van der Waals surface area contributed by atoms with Gasteiger partial charge in [0.2, 0.25) is 0 Å². The summed E-state index contributed by atoms with van der Waals surface area (Å²) < 4.78 is 41.0. The number of rotatable bonds is 6. The highest BCUT2D eigenvalue weighted by Gasteiger charge is 2.31. The van der Waals surface area contributed by atoms with Crippen molar-refractivity contribution in [3.63, 3.8) is 0 Å². The first-order chi connectivity index (χ1) is 14.4. The van der Waals surface area contributed by atoms with E-state index in [0.29, 0.717) is 23.2 Å². The molecular formula is C21H17F3N4OS. The van der Waals surface area contributed by atoms with E-state index in [-0.39, 0.29) is 11.0 Å². The third-order valence-electron chi connectivity index (χ3n) is 4.56. The number of thiazole rings is 1. The Hall–Kier alpha value is -3.20. The van der Waals surface area contributed by atoms with Gasteiger partial charge in [-0.25, -0.2) is 9.97 Å². The van der Waals surface area contributed by atoms with E-state index < -0.39 is 17.6 Å². The topological polar surface area (TPSA) is 59.8 Å². The van der Waals surface area contributed by atoms with Crippen molar-refractivity contribution in [1.29, 1.82) is 0 Å². The molecule has 0 bridgehead atoms. The van der Waals surface area contributed by atoms with E-state index in [1.165, 1.54) is 6.07 Å². The van der Waals surface area contributed by atoms with Crippen LogP contribution in [0.2, 0.25) is 0 Å². The van der Waals surface area contributed by atoms with Crippen LogP contribution in [-0.4, -0.2) is 26.5 Å². The summed E-state index contributed by atoms with van der Waals surface area (Å²) in [6.07, 6.45) is 1.29. The zero-order chi connectivity index (χ0) is 21.1. The van der Waals surface area contributed by atoms with Crippen molar-refractivity contribution in [1.82, 2.24) is 19.9 Å². The lowest BCUT2D eigenvalue weighted by atomic mass is 10.1. The number of nitrogens with zero attached hydrogens (tertiary/aromatic N) is 3. The monoisotopic (exact) mass is 430 g/mol. The van der Waals surface area contributed by atoms with E-state index in [9.17, 15) is 18.0 Å². The molecule has 154 valence electrons. The molecule has 30 heavy (non-hydrogen) atoms. The fraction of sp³-hybridized carbons (Fsp3) is 0.190. The van der Waals surface area contributed by atoms with Crippen LogP contribution in [0.15, 0.2) is 67.3 Å². The van der Waals surface area contributed by atoms with Gasteiger partial charge in [0.15, 0.2) is 5.01 Å². The van der Waals surface area contributed by atoms with E-state index in [0.717, 1.165) is 29.0 Å². The normalized spacial score (nSPS) is 12.8. The summed E-state index contributed by atoms with van der Waals surface area (Å²) in [5, 5.41) is 3.10. The number of alkyl halides is 3. The molecule has 1 unspecified atom stereocenters. The second-order valence-corrected chi connectivity index (χ2v) is 7.85. The molecule has 0 spiro atoms. The minimum atomic E-state index is -4.44. The van der Waals surface area contributed by atoms with E-state index in [1.54, 1.807) is 18.7 Å². The van der Waals surface area contributed by atoms with Gasteiger partial charge in [-0.05, 0) is 30.2 Å². The largest absolute Gasteiger partial charge is 0.416 e. The van der Waals surface area contributed by atoms with Crippen LogP contribution in [0.25, 0.3) is 10.2 Å². The minimum Gasteiger partial charge on any atom is -0.345 e. The second kappa shape index (κ2) is 8.27. The molecule has 2 heterocycles. The van der Waals surface area contributed by atoms with Crippen molar-refractivity contribution >= 4 is 27.5 Å². The fourth-order valence-electron chi connectivity index (χ4n) is 3.15. The lowest BCUT2D eigenvalue weighted by molar-refractivity contribution is -0.137. The number of hydrogen-bond acceptors (Lipinski definition) is 4. The van der Waals surface area contributed by atoms with Crippen LogP contribution >= 0.6 is 11.3 Å². The average molecular weight is 430 g/mol. The van der Waals surface area contributed by atoms with E-state index in [1.807, 2.05) is 34.9 Å². The molecule has 2 aromatic heterocycles. The van der Waals surface area contributed by atoms with Crippen LogP contribution in [-0.2, 0) is 19.1 Å². The quantitative estimate of drug-likeness (QED) is 0.488. The number of nitrogens with one attached hydrogen (secondary N) is 1. The van der Waals surface area contributed by atoms with Crippen LogP contribution in [0.1, 0.15) is 20.9 Å². The Morgan fingerprint density at radius 1 is 1.17 bits per heavy atom. The zero-order valence-corrected chi connectivity index (χ0v) is 16.5. The Bertz CT molecular complexity index is 1140. The van der Waals surface area contributed by atoms with E-state index >= 15 is 0 Å².